The predicted molar refractivity (Wildman–Crippen MR) is 54.3 cm³/mol. The Morgan fingerprint density at radius 1 is 1.31 bits per heavy atom. The maximum Gasteiger partial charge on any atom is 0.141 e. The van der Waals surface area contributed by atoms with Crippen LogP contribution in [0.3, 0.4) is 0 Å². The molecule has 66 valence electrons. The minimum Gasteiger partial charge on any atom is -0.464 e. The zero-order valence-corrected chi connectivity index (χ0v) is 7.23. The molecule has 0 aliphatic heterocycles. The van der Waals surface area contributed by atoms with Crippen molar-refractivity contribution >= 4 is 17.0 Å². The molecule has 1 aromatic heterocycles. The summed E-state index contributed by atoms with van der Waals surface area (Å²) in [4.78, 5) is 0. The van der Waals surface area contributed by atoms with Gasteiger partial charge in [-0.15, -0.1) is 0 Å². The third-order valence-electron chi connectivity index (χ3n) is 1.94. The van der Waals surface area contributed by atoms with Crippen LogP contribution in [0.4, 0.5) is 0 Å². The van der Waals surface area contributed by atoms with E-state index >= 15 is 0 Å². The third-order valence-corrected chi connectivity index (χ3v) is 1.94. The molecule has 13 heavy (non-hydrogen) atoms. The monoisotopic (exact) mass is 173 g/mol. The van der Waals surface area contributed by atoms with E-state index in [1.54, 1.807) is 6.26 Å². The van der Waals surface area contributed by atoms with Crippen LogP contribution in [-0.2, 0) is 0 Å². The second-order valence-corrected chi connectivity index (χ2v) is 2.82. The molecule has 1 aromatic carbocycles. The van der Waals surface area contributed by atoms with Gasteiger partial charge in [0, 0.05) is 17.5 Å². The van der Waals surface area contributed by atoms with Crippen molar-refractivity contribution in [3.63, 3.8) is 0 Å². The molecule has 2 nitrogen and oxygen atoms in total. The average Bonchev–Trinajstić information content (AvgIpc) is 2.62. The maximum absolute atomic E-state index is 5.38. The molecule has 0 spiro atoms. The first-order valence-electron chi connectivity index (χ1n) is 4.24. The zero-order chi connectivity index (χ0) is 9.10. The molecule has 0 bridgehead atoms. The fourth-order valence-electron chi connectivity index (χ4n) is 1.34. The Bertz CT molecular complexity index is 428. The van der Waals surface area contributed by atoms with E-state index in [1.807, 2.05) is 36.4 Å². The van der Waals surface area contributed by atoms with Gasteiger partial charge in [0.15, 0.2) is 0 Å². The molecule has 2 aromatic rings. The summed E-state index contributed by atoms with van der Waals surface area (Å²) in [5.74, 6) is 0. The lowest BCUT2D eigenvalue weighted by molar-refractivity contribution is 0.615. The van der Waals surface area contributed by atoms with Crippen molar-refractivity contribution in [2.24, 2.45) is 5.73 Å². The van der Waals surface area contributed by atoms with E-state index in [4.69, 9.17) is 10.2 Å². The molecular weight excluding hydrogens is 162 g/mol. The van der Waals surface area contributed by atoms with Crippen LogP contribution in [0.5, 0.6) is 0 Å². The molecule has 2 heteroatoms. The highest BCUT2D eigenvalue weighted by atomic mass is 16.3. The third kappa shape index (κ3) is 1.48. The maximum atomic E-state index is 5.38. The summed E-state index contributed by atoms with van der Waals surface area (Å²) in [5.41, 5.74) is 7.38. The predicted octanol–water partition coefficient (Wildman–Crippen LogP) is 2.40. The molecule has 0 saturated heterocycles. The minimum atomic E-state index is 0.553. The van der Waals surface area contributed by atoms with Crippen LogP contribution in [0.2, 0.25) is 0 Å². The number of benzene rings is 1. The molecule has 0 unspecified atom stereocenters. The van der Waals surface area contributed by atoms with E-state index in [0.29, 0.717) is 6.54 Å². The Balaban J connectivity index is 2.54. The van der Waals surface area contributed by atoms with Crippen LogP contribution in [-0.4, -0.2) is 6.54 Å². The van der Waals surface area contributed by atoms with Gasteiger partial charge >= 0.3 is 0 Å². The Kier molecular flexibility index (Phi) is 2.15. The molecule has 0 atom stereocenters. The molecule has 0 aliphatic carbocycles. The molecule has 0 saturated carbocycles. The highest BCUT2D eigenvalue weighted by molar-refractivity contribution is 5.85. The number of para-hydroxylation sites is 1. The number of hydrogen-bond acceptors (Lipinski definition) is 2. The van der Waals surface area contributed by atoms with Crippen molar-refractivity contribution in [1.29, 1.82) is 0 Å². The largest absolute Gasteiger partial charge is 0.464 e. The lowest BCUT2D eigenvalue weighted by Crippen LogP contribution is -1.91. The lowest BCUT2D eigenvalue weighted by atomic mass is 10.1. The summed E-state index contributed by atoms with van der Waals surface area (Å²) in [6.07, 6.45) is 5.59. The second kappa shape index (κ2) is 3.46. The van der Waals surface area contributed by atoms with Gasteiger partial charge in [0.05, 0.1) is 6.26 Å². The summed E-state index contributed by atoms with van der Waals surface area (Å²) in [7, 11) is 0. The first kappa shape index (κ1) is 8.08. The van der Waals surface area contributed by atoms with Gasteiger partial charge in [0.1, 0.15) is 5.58 Å². The number of nitrogens with two attached hydrogens (primary N) is 1. The molecule has 0 radical (unpaired) electrons. The van der Waals surface area contributed by atoms with Gasteiger partial charge in [-0.25, -0.2) is 0 Å². The molecular formula is C11H11NO. The fraction of sp³-hybridized carbons (Fsp3) is 0.0909. The van der Waals surface area contributed by atoms with Crippen LogP contribution in [0.1, 0.15) is 5.56 Å². The normalized spacial score (nSPS) is 11.5. The number of fused-ring (bicyclic) bond motifs is 1. The molecule has 0 fully saturated rings. The van der Waals surface area contributed by atoms with Crippen molar-refractivity contribution in [2.75, 3.05) is 6.54 Å². The summed E-state index contributed by atoms with van der Waals surface area (Å²) >= 11 is 0. The Hall–Kier alpha value is -1.54. The number of hydrogen-bond donors (Lipinski definition) is 1. The second-order valence-electron chi connectivity index (χ2n) is 2.82. The van der Waals surface area contributed by atoms with Gasteiger partial charge in [-0.05, 0) is 6.07 Å². The Labute approximate surface area is 76.7 Å². The Morgan fingerprint density at radius 2 is 2.23 bits per heavy atom. The smallest absolute Gasteiger partial charge is 0.141 e. The highest BCUT2D eigenvalue weighted by Crippen LogP contribution is 2.20. The Morgan fingerprint density at radius 3 is 3.08 bits per heavy atom. The van der Waals surface area contributed by atoms with E-state index in [2.05, 4.69) is 0 Å². The van der Waals surface area contributed by atoms with Gasteiger partial charge < -0.3 is 10.2 Å². The lowest BCUT2D eigenvalue weighted by Gasteiger charge is -1.93. The first-order chi connectivity index (χ1) is 6.42. The van der Waals surface area contributed by atoms with Crippen molar-refractivity contribution in [3.05, 3.63) is 42.2 Å². The van der Waals surface area contributed by atoms with Crippen LogP contribution in [0.15, 0.2) is 41.0 Å². The van der Waals surface area contributed by atoms with Crippen LogP contribution < -0.4 is 5.73 Å². The van der Waals surface area contributed by atoms with E-state index in [0.717, 1.165) is 16.5 Å². The minimum absolute atomic E-state index is 0.553. The standard InChI is InChI=1S/C11H11NO/c12-7-2-5-9-3-1-4-10-6-8-13-11(9)10/h1-6,8H,7,12H2/b5-2+. The van der Waals surface area contributed by atoms with Crippen molar-refractivity contribution in [1.82, 2.24) is 0 Å². The van der Waals surface area contributed by atoms with Gasteiger partial charge in [-0.1, -0.05) is 30.4 Å². The molecule has 0 amide bonds. The number of furan rings is 1. The average molecular weight is 173 g/mol. The quantitative estimate of drug-likeness (QED) is 0.757. The highest BCUT2D eigenvalue weighted by Gasteiger charge is 1.99. The van der Waals surface area contributed by atoms with Crippen molar-refractivity contribution in [2.45, 2.75) is 0 Å². The topological polar surface area (TPSA) is 39.2 Å². The van der Waals surface area contributed by atoms with E-state index in [9.17, 15) is 0 Å². The van der Waals surface area contributed by atoms with E-state index in [1.165, 1.54) is 0 Å². The van der Waals surface area contributed by atoms with Crippen LogP contribution in [0, 0.1) is 0 Å². The van der Waals surface area contributed by atoms with Crippen LogP contribution in [0.25, 0.3) is 17.0 Å². The van der Waals surface area contributed by atoms with Crippen molar-refractivity contribution in [3.8, 4) is 0 Å². The van der Waals surface area contributed by atoms with E-state index < -0.39 is 0 Å². The molecule has 0 aliphatic rings. The fourth-order valence-corrected chi connectivity index (χ4v) is 1.34. The van der Waals surface area contributed by atoms with Gasteiger partial charge in [-0.2, -0.15) is 0 Å². The SMILES string of the molecule is NC/C=C/c1cccc2ccoc12. The molecule has 1 heterocycles. The summed E-state index contributed by atoms with van der Waals surface area (Å²) < 4.78 is 5.35. The summed E-state index contributed by atoms with van der Waals surface area (Å²) in [5, 5.41) is 1.12. The molecule has 2 rings (SSSR count). The zero-order valence-electron chi connectivity index (χ0n) is 7.23. The van der Waals surface area contributed by atoms with Crippen LogP contribution >= 0.6 is 0 Å². The van der Waals surface area contributed by atoms with E-state index in [-0.39, 0.29) is 0 Å². The number of rotatable bonds is 2. The van der Waals surface area contributed by atoms with Crippen molar-refractivity contribution < 1.29 is 4.42 Å². The van der Waals surface area contributed by atoms with Gasteiger partial charge in [0.2, 0.25) is 0 Å². The summed E-state index contributed by atoms with van der Waals surface area (Å²) in [6, 6.07) is 8.00. The van der Waals surface area contributed by atoms with Gasteiger partial charge in [0.25, 0.3) is 0 Å². The first-order valence-corrected chi connectivity index (χ1v) is 4.24. The van der Waals surface area contributed by atoms with Gasteiger partial charge in [-0.3, -0.25) is 0 Å². The summed E-state index contributed by atoms with van der Waals surface area (Å²) in [6.45, 7) is 0.553. The molecule has 2 N–H and O–H groups in total.